The number of nitro groups is 1. The average Bonchev–Trinajstić information content (AvgIpc) is 2.52. The van der Waals surface area contributed by atoms with Crippen LogP contribution >= 0.6 is 0 Å². The molecule has 1 aliphatic heterocycles. The molecule has 0 radical (unpaired) electrons. The van der Waals surface area contributed by atoms with E-state index in [9.17, 15) is 18.5 Å². The summed E-state index contributed by atoms with van der Waals surface area (Å²) in [6, 6.07) is 4.35. The second-order valence-corrected chi connectivity index (χ2v) is 7.71. The van der Waals surface area contributed by atoms with Crippen molar-refractivity contribution in [1.82, 2.24) is 9.62 Å². The molecular weight excluding hydrogens is 318 g/mol. The van der Waals surface area contributed by atoms with Crippen molar-refractivity contribution < 1.29 is 13.3 Å². The molecule has 0 bridgehead atoms. The third kappa shape index (κ3) is 3.88. The van der Waals surface area contributed by atoms with Crippen LogP contribution < -0.4 is 5.32 Å². The van der Waals surface area contributed by atoms with Gasteiger partial charge in [0.25, 0.3) is 5.69 Å². The lowest BCUT2D eigenvalue weighted by Gasteiger charge is -2.31. The van der Waals surface area contributed by atoms with Gasteiger partial charge in [-0.05, 0) is 44.3 Å². The van der Waals surface area contributed by atoms with Crippen LogP contribution in [-0.4, -0.2) is 43.8 Å². The highest BCUT2D eigenvalue weighted by atomic mass is 32.2. The van der Waals surface area contributed by atoms with Crippen LogP contribution in [0.2, 0.25) is 0 Å². The summed E-state index contributed by atoms with van der Waals surface area (Å²) in [5, 5.41) is 14.5. The predicted octanol–water partition coefficient (Wildman–Crippen LogP) is 1.91. The van der Waals surface area contributed by atoms with Gasteiger partial charge in [0.2, 0.25) is 10.0 Å². The first-order valence-electron chi connectivity index (χ1n) is 7.82. The Morgan fingerprint density at radius 3 is 2.57 bits per heavy atom. The van der Waals surface area contributed by atoms with Gasteiger partial charge >= 0.3 is 0 Å². The summed E-state index contributed by atoms with van der Waals surface area (Å²) >= 11 is 0. The normalized spacial score (nSPS) is 17.3. The van der Waals surface area contributed by atoms with Crippen molar-refractivity contribution in [3.05, 3.63) is 33.9 Å². The second kappa shape index (κ2) is 7.37. The first-order chi connectivity index (χ1) is 10.9. The van der Waals surface area contributed by atoms with E-state index in [4.69, 9.17) is 0 Å². The van der Waals surface area contributed by atoms with Gasteiger partial charge < -0.3 is 5.32 Å². The van der Waals surface area contributed by atoms with E-state index in [1.54, 1.807) is 13.0 Å². The first-order valence-corrected chi connectivity index (χ1v) is 9.26. The molecule has 0 amide bonds. The third-order valence-corrected chi connectivity index (χ3v) is 6.33. The molecular formula is C15H23N3O4S. The van der Waals surface area contributed by atoms with Crippen molar-refractivity contribution in [2.75, 3.05) is 26.2 Å². The largest absolute Gasteiger partial charge is 0.317 e. The topological polar surface area (TPSA) is 92.6 Å². The van der Waals surface area contributed by atoms with Gasteiger partial charge in [0.05, 0.1) is 4.92 Å². The van der Waals surface area contributed by atoms with E-state index in [0.717, 1.165) is 25.9 Å². The third-order valence-electron chi connectivity index (χ3n) is 4.24. The van der Waals surface area contributed by atoms with Crippen LogP contribution in [0.3, 0.4) is 0 Å². The first kappa shape index (κ1) is 17.8. The number of rotatable bonds is 6. The lowest BCUT2D eigenvalue weighted by Crippen LogP contribution is -2.41. The smallest absolute Gasteiger partial charge is 0.289 e. The van der Waals surface area contributed by atoms with Crippen LogP contribution in [0.5, 0.6) is 0 Å². The van der Waals surface area contributed by atoms with Gasteiger partial charge in [0.1, 0.15) is 0 Å². The van der Waals surface area contributed by atoms with Gasteiger partial charge in [-0.25, -0.2) is 8.42 Å². The van der Waals surface area contributed by atoms with E-state index in [1.807, 2.05) is 6.92 Å². The Morgan fingerprint density at radius 2 is 2.00 bits per heavy atom. The number of nitro benzene ring substituents is 1. The van der Waals surface area contributed by atoms with Crippen molar-refractivity contribution in [2.24, 2.45) is 5.92 Å². The van der Waals surface area contributed by atoms with E-state index in [-0.39, 0.29) is 10.6 Å². The minimum Gasteiger partial charge on any atom is -0.317 e. The molecule has 1 heterocycles. The summed E-state index contributed by atoms with van der Waals surface area (Å²) in [7, 11) is -3.84. The summed E-state index contributed by atoms with van der Waals surface area (Å²) < 4.78 is 27.1. The van der Waals surface area contributed by atoms with Gasteiger partial charge in [-0.15, -0.1) is 0 Å². The summed E-state index contributed by atoms with van der Waals surface area (Å²) in [6.07, 6.45) is 1.54. The molecule has 7 nitrogen and oxygen atoms in total. The maximum atomic E-state index is 12.9. The molecule has 0 spiro atoms. The Balaban J connectivity index is 2.23. The van der Waals surface area contributed by atoms with Crippen LogP contribution in [-0.2, 0) is 10.0 Å². The number of piperidine rings is 1. The molecule has 0 unspecified atom stereocenters. The standard InChI is InChI=1S/C15H23N3O4S/c1-3-16-11-13-7-9-17(10-8-13)23(21,22)15-12(2)5-4-6-14(15)18(19)20/h4-6,13,16H,3,7-11H2,1-2H3. The highest BCUT2D eigenvalue weighted by molar-refractivity contribution is 7.89. The fourth-order valence-corrected chi connectivity index (χ4v) is 4.78. The molecule has 0 aliphatic carbocycles. The Hall–Kier alpha value is -1.51. The SMILES string of the molecule is CCNCC1CCN(S(=O)(=O)c2c(C)cccc2[N+](=O)[O-])CC1. The number of nitrogens with one attached hydrogen (secondary N) is 1. The lowest BCUT2D eigenvalue weighted by atomic mass is 9.98. The van der Waals surface area contributed by atoms with Crippen LogP contribution in [0.15, 0.2) is 23.1 Å². The van der Waals surface area contributed by atoms with Crippen molar-refractivity contribution in [3.63, 3.8) is 0 Å². The molecule has 8 heteroatoms. The molecule has 1 N–H and O–H groups in total. The molecule has 0 saturated carbocycles. The second-order valence-electron chi connectivity index (χ2n) is 5.84. The molecule has 2 rings (SSSR count). The van der Waals surface area contributed by atoms with Crippen LogP contribution in [0.4, 0.5) is 5.69 Å². The molecule has 128 valence electrons. The number of benzene rings is 1. The molecule has 0 atom stereocenters. The Kier molecular flexibility index (Phi) is 5.72. The zero-order valence-electron chi connectivity index (χ0n) is 13.5. The molecule has 1 aromatic rings. The average molecular weight is 341 g/mol. The zero-order valence-corrected chi connectivity index (χ0v) is 14.3. The monoisotopic (exact) mass is 341 g/mol. The number of hydrogen-bond donors (Lipinski definition) is 1. The Morgan fingerprint density at radius 1 is 1.35 bits per heavy atom. The van der Waals surface area contributed by atoms with E-state index in [1.165, 1.54) is 16.4 Å². The molecule has 1 aliphatic rings. The maximum Gasteiger partial charge on any atom is 0.289 e. The van der Waals surface area contributed by atoms with Crippen molar-refractivity contribution >= 4 is 15.7 Å². The summed E-state index contributed by atoms with van der Waals surface area (Å²) in [6.45, 7) is 6.23. The quantitative estimate of drug-likeness (QED) is 0.630. The van der Waals surface area contributed by atoms with E-state index in [0.29, 0.717) is 24.6 Å². The fraction of sp³-hybridized carbons (Fsp3) is 0.600. The van der Waals surface area contributed by atoms with Gasteiger partial charge in [-0.2, -0.15) is 4.31 Å². The van der Waals surface area contributed by atoms with E-state index < -0.39 is 14.9 Å². The number of aryl methyl sites for hydroxylation is 1. The molecule has 1 fully saturated rings. The van der Waals surface area contributed by atoms with Gasteiger partial charge in [-0.1, -0.05) is 19.1 Å². The minimum atomic E-state index is -3.84. The predicted molar refractivity (Wildman–Crippen MR) is 87.9 cm³/mol. The Bertz CT molecular complexity index is 667. The van der Waals surface area contributed by atoms with Gasteiger partial charge in [-0.3, -0.25) is 10.1 Å². The zero-order chi connectivity index (χ0) is 17.0. The lowest BCUT2D eigenvalue weighted by molar-refractivity contribution is -0.387. The van der Waals surface area contributed by atoms with Crippen molar-refractivity contribution in [3.8, 4) is 0 Å². The van der Waals surface area contributed by atoms with Gasteiger partial charge in [0, 0.05) is 19.2 Å². The summed E-state index contributed by atoms with van der Waals surface area (Å²) in [5.41, 5.74) is 0.0637. The highest BCUT2D eigenvalue weighted by Gasteiger charge is 2.35. The fourth-order valence-electron chi connectivity index (χ4n) is 2.95. The van der Waals surface area contributed by atoms with Crippen LogP contribution in [0.1, 0.15) is 25.3 Å². The maximum absolute atomic E-state index is 12.9. The van der Waals surface area contributed by atoms with Crippen LogP contribution in [0, 0.1) is 23.0 Å². The van der Waals surface area contributed by atoms with E-state index >= 15 is 0 Å². The molecule has 1 aromatic carbocycles. The Labute approximate surface area is 136 Å². The van der Waals surface area contributed by atoms with Gasteiger partial charge in [0.15, 0.2) is 4.90 Å². The molecule has 1 saturated heterocycles. The molecule has 0 aromatic heterocycles. The number of sulfonamides is 1. The summed E-state index contributed by atoms with van der Waals surface area (Å²) in [5.74, 6) is 0.452. The number of nitrogens with zero attached hydrogens (tertiary/aromatic N) is 2. The van der Waals surface area contributed by atoms with Crippen LogP contribution in [0.25, 0.3) is 0 Å². The number of hydrogen-bond acceptors (Lipinski definition) is 5. The molecule has 23 heavy (non-hydrogen) atoms. The summed E-state index contributed by atoms with van der Waals surface area (Å²) in [4.78, 5) is 10.4. The van der Waals surface area contributed by atoms with Crippen molar-refractivity contribution in [1.29, 1.82) is 0 Å². The minimum absolute atomic E-state index is 0.171. The highest BCUT2D eigenvalue weighted by Crippen LogP contribution is 2.31. The van der Waals surface area contributed by atoms with E-state index in [2.05, 4.69) is 5.32 Å². The van der Waals surface area contributed by atoms with Crippen molar-refractivity contribution in [2.45, 2.75) is 31.6 Å².